The number of rotatable bonds is 4. The second-order valence-electron chi connectivity index (χ2n) is 5.08. The molecule has 0 saturated carbocycles. The second kappa shape index (κ2) is 6.49. The maximum atomic E-state index is 4.30. The van der Waals surface area contributed by atoms with Gasteiger partial charge in [-0.25, -0.2) is 9.97 Å². The van der Waals surface area contributed by atoms with Crippen molar-refractivity contribution >= 4 is 28.5 Å². The fourth-order valence-corrected chi connectivity index (χ4v) is 2.78. The van der Waals surface area contributed by atoms with Crippen LogP contribution in [0, 0.1) is 3.57 Å². The molecule has 0 amide bonds. The van der Waals surface area contributed by atoms with Crippen molar-refractivity contribution in [3.8, 4) is 0 Å². The zero-order valence-corrected chi connectivity index (χ0v) is 13.3. The molecule has 4 nitrogen and oxygen atoms in total. The maximum Gasteiger partial charge on any atom is 0.222 e. The van der Waals surface area contributed by atoms with Crippen LogP contribution in [-0.2, 0) is 6.54 Å². The molecule has 0 radical (unpaired) electrons. The third kappa shape index (κ3) is 3.67. The fourth-order valence-electron chi connectivity index (χ4n) is 2.51. The molecule has 1 unspecified atom stereocenters. The highest BCUT2D eigenvalue weighted by molar-refractivity contribution is 14.1. The van der Waals surface area contributed by atoms with Crippen LogP contribution in [0.15, 0.2) is 42.7 Å². The predicted octanol–water partition coefficient (Wildman–Crippen LogP) is 2.77. The first-order chi connectivity index (χ1) is 9.79. The van der Waals surface area contributed by atoms with Gasteiger partial charge in [-0.2, -0.15) is 0 Å². The lowest BCUT2D eigenvalue weighted by Crippen LogP contribution is -2.26. The molecule has 2 heterocycles. The summed E-state index contributed by atoms with van der Waals surface area (Å²) in [5.74, 6) is 0.733. The summed E-state index contributed by atoms with van der Waals surface area (Å²) in [6.07, 6.45) is 4.82. The van der Waals surface area contributed by atoms with Crippen LogP contribution in [-0.4, -0.2) is 34.0 Å². The summed E-state index contributed by atoms with van der Waals surface area (Å²) in [5.41, 5.74) is 1.37. The van der Waals surface area contributed by atoms with Gasteiger partial charge < -0.3 is 5.32 Å². The van der Waals surface area contributed by atoms with Crippen molar-refractivity contribution < 1.29 is 0 Å². The van der Waals surface area contributed by atoms with Crippen LogP contribution in [0.4, 0.5) is 5.95 Å². The SMILES string of the molecule is Ic1cnc(NC2CCN(Cc3ccccc3)C2)nc1. The van der Waals surface area contributed by atoms with Gasteiger partial charge in [0.15, 0.2) is 0 Å². The second-order valence-corrected chi connectivity index (χ2v) is 6.32. The van der Waals surface area contributed by atoms with Crippen molar-refractivity contribution in [3.63, 3.8) is 0 Å². The molecule has 1 fully saturated rings. The average molecular weight is 380 g/mol. The summed E-state index contributed by atoms with van der Waals surface area (Å²) in [6.45, 7) is 3.19. The van der Waals surface area contributed by atoms with Crippen molar-refractivity contribution in [1.29, 1.82) is 0 Å². The van der Waals surface area contributed by atoms with E-state index >= 15 is 0 Å². The third-order valence-electron chi connectivity index (χ3n) is 3.47. The first kappa shape index (κ1) is 13.8. The standard InChI is InChI=1S/C15H17IN4/c16-13-8-17-15(18-9-13)19-14-6-7-20(11-14)10-12-4-2-1-3-5-12/h1-5,8-9,14H,6-7,10-11H2,(H,17,18,19). The highest BCUT2D eigenvalue weighted by Gasteiger charge is 2.22. The summed E-state index contributed by atoms with van der Waals surface area (Å²) in [5, 5.41) is 3.42. The largest absolute Gasteiger partial charge is 0.350 e. The first-order valence-corrected chi connectivity index (χ1v) is 7.88. The number of aromatic nitrogens is 2. The van der Waals surface area contributed by atoms with Crippen molar-refractivity contribution in [2.45, 2.75) is 19.0 Å². The van der Waals surface area contributed by atoms with E-state index in [1.807, 2.05) is 12.4 Å². The fraction of sp³-hybridized carbons (Fsp3) is 0.333. The van der Waals surface area contributed by atoms with Gasteiger partial charge in [0, 0.05) is 41.6 Å². The first-order valence-electron chi connectivity index (χ1n) is 6.80. The molecular formula is C15H17IN4. The van der Waals surface area contributed by atoms with Gasteiger partial charge in [0.25, 0.3) is 0 Å². The van der Waals surface area contributed by atoms with Crippen LogP contribution in [0.25, 0.3) is 0 Å². The Labute approximate surface area is 132 Å². The topological polar surface area (TPSA) is 41.1 Å². The number of likely N-dealkylation sites (tertiary alicyclic amines) is 1. The number of anilines is 1. The van der Waals surface area contributed by atoms with Gasteiger partial charge in [0.1, 0.15) is 0 Å². The normalized spacial score (nSPS) is 19.1. The van der Waals surface area contributed by atoms with Gasteiger partial charge in [-0.15, -0.1) is 0 Å². The molecule has 20 heavy (non-hydrogen) atoms. The lowest BCUT2D eigenvalue weighted by molar-refractivity contribution is 0.328. The van der Waals surface area contributed by atoms with E-state index in [-0.39, 0.29) is 0 Å². The van der Waals surface area contributed by atoms with E-state index in [0.717, 1.165) is 35.6 Å². The molecule has 0 spiro atoms. The van der Waals surface area contributed by atoms with E-state index in [1.54, 1.807) is 0 Å². The van der Waals surface area contributed by atoms with Crippen LogP contribution in [0.5, 0.6) is 0 Å². The minimum Gasteiger partial charge on any atom is -0.350 e. The molecule has 5 heteroatoms. The van der Waals surface area contributed by atoms with E-state index < -0.39 is 0 Å². The Morgan fingerprint density at radius 2 is 1.95 bits per heavy atom. The molecule has 2 aromatic rings. The quantitative estimate of drug-likeness (QED) is 0.829. The van der Waals surface area contributed by atoms with Gasteiger partial charge in [-0.1, -0.05) is 30.3 Å². The maximum absolute atomic E-state index is 4.30. The highest BCUT2D eigenvalue weighted by Crippen LogP contribution is 2.16. The van der Waals surface area contributed by atoms with Crippen molar-refractivity contribution in [2.75, 3.05) is 18.4 Å². The van der Waals surface area contributed by atoms with E-state index in [9.17, 15) is 0 Å². The summed E-state index contributed by atoms with van der Waals surface area (Å²) >= 11 is 2.22. The molecule has 0 bridgehead atoms. The Balaban J connectivity index is 1.53. The molecule has 1 aliphatic rings. The molecule has 1 N–H and O–H groups in total. The molecule has 104 valence electrons. The monoisotopic (exact) mass is 380 g/mol. The zero-order chi connectivity index (χ0) is 13.8. The number of hydrogen-bond acceptors (Lipinski definition) is 4. The smallest absolute Gasteiger partial charge is 0.222 e. The minimum absolute atomic E-state index is 0.443. The number of halogens is 1. The Morgan fingerprint density at radius 3 is 2.70 bits per heavy atom. The molecular weight excluding hydrogens is 363 g/mol. The molecule has 1 atom stereocenters. The summed E-state index contributed by atoms with van der Waals surface area (Å²) in [7, 11) is 0. The van der Waals surface area contributed by atoms with Crippen LogP contribution in [0.1, 0.15) is 12.0 Å². The van der Waals surface area contributed by atoms with Crippen molar-refractivity contribution in [2.24, 2.45) is 0 Å². The third-order valence-corrected chi connectivity index (χ3v) is 4.03. The summed E-state index contributed by atoms with van der Waals surface area (Å²) in [4.78, 5) is 11.1. The van der Waals surface area contributed by atoms with Gasteiger partial charge in [0.05, 0.1) is 0 Å². The molecule has 1 saturated heterocycles. The highest BCUT2D eigenvalue weighted by atomic mass is 127. The molecule has 1 aliphatic heterocycles. The van der Waals surface area contributed by atoms with Crippen molar-refractivity contribution in [1.82, 2.24) is 14.9 Å². The number of benzene rings is 1. The zero-order valence-electron chi connectivity index (χ0n) is 11.2. The molecule has 1 aromatic heterocycles. The van der Waals surface area contributed by atoms with Gasteiger partial charge in [-0.3, -0.25) is 4.90 Å². The van der Waals surface area contributed by atoms with E-state index in [1.165, 1.54) is 5.56 Å². The van der Waals surface area contributed by atoms with E-state index in [0.29, 0.717) is 6.04 Å². The number of nitrogens with one attached hydrogen (secondary N) is 1. The van der Waals surface area contributed by atoms with Crippen LogP contribution in [0.3, 0.4) is 0 Å². The Kier molecular flexibility index (Phi) is 4.47. The van der Waals surface area contributed by atoms with Crippen LogP contribution < -0.4 is 5.32 Å². The van der Waals surface area contributed by atoms with Crippen LogP contribution in [0.2, 0.25) is 0 Å². The van der Waals surface area contributed by atoms with Gasteiger partial charge in [-0.05, 0) is 34.6 Å². The van der Waals surface area contributed by atoms with Crippen molar-refractivity contribution in [3.05, 3.63) is 51.9 Å². The number of hydrogen-bond donors (Lipinski definition) is 1. The Hall–Kier alpha value is -1.21. The summed E-state index contributed by atoms with van der Waals surface area (Å²) < 4.78 is 1.06. The van der Waals surface area contributed by atoms with E-state index in [4.69, 9.17) is 0 Å². The Morgan fingerprint density at radius 1 is 1.20 bits per heavy atom. The van der Waals surface area contributed by atoms with Gasteiger partial charge in [0.2, 0.25) is 5.95 Å². The molecule has 0 aliphatic carbocycles. The van der Waals surface area contributed by atoms with Crippen LogP contribution >= 0.6 is 22.6 Å². The van der Waals surface area contributed by atoms with Gasteiger partial charge >= 0.3 is 0 Å². The lowest BCUT2D eigenvalue weighted by atomic mass is 10.2. The minimum atomic E-state index is 0.443. The molecule has 1 aromatic carbocycles. The Bertz CT molecular complexity index is 544. The van der Waals surface area contributed by atoms with E-state index in [2.05, 4.69) is 73.1 Å². The molecule has 3 rings (SSSR count). The average Bonchev–Trinajstić information content (AvgIpc) is 2.90. The number of nitrogens with zero attached hydrogens (tertiary/aromatic N) is 3. The summed E-state index contributed by atoms with van der Waals surface area (Å²) in [6, 6.07) is 11.1. The lowest BCUT2D eigenvalue weighted by Gasteiger charge is -2.16. The predicted molar refractivity (Wildman–Crippen MR) is 88.5 cm³/mol.